The quantitative estimate of drug-likeness (QED) is 0.345. The van der Waals surface area contributed by atoms with E-state index in [0.717, 1.165) is 14.7 Å². The van der Waals surface area contributed by atoms with Crippen molar-refractivity contribution in [2.75, 3.05) is 0 Å². The summed E-state index contributed by atoms with van der Waals surface area (Å²) in [5, 5.41) is 10.8. The van der Waals surface area contributed by atoms with Crippen LogP contribution in [0.2, 0.25) is 0 Å². The third-order valence-corrected chi connectivity index (χ3v) is 5.20. The van der Waals surface area contributed by atoms with Crippen LogP contribution in [0.3, 0.4) is 0 Å². The number of carbonyl (C=O) groups excluding carboxylic acids is 1. The summed E-state index contributed by atoms with van der Waals surface area (Å²) in [7, 11) is 0. The summed E-state index contributed by atoms with van der Waals surface area (Å²) < 4.78 is 3.99. The molecule has 0 saturated carbocycles. The highest BCUT2D eigenvalue weighted by molar-refractivity contribution is 9.10. The van der Waals surface area contributed by atoms with Crippen LogP contribution in [0.1, 0.15) is 12.5 Å². The molecule has 1 aromatic heterocycles. The molecule has 8 heteroatoms. The first-order valence-electron chi connectivity index (χ1n) is 7.78. The Hall–Kier alpha value is -2.58. The molecule has 0 bridgehead atoms. The zero-order chi connectivity index (χ0) is 18.7. The molecule has 1 heterocycles. The molecular weight excluding hydrogens is 418 g/mol. The van der Waals surface area contributed by atoms with Gasteiger partial charge in [-0.25, -0.2) is 0 Å². The van der Waals surface area contributed by atoms with Gasteiger partial charge in [-0.05, 0) is 36.8 Å². The Morgan fingerprint density at radius 2 is 2.15 bits per heavy atom. The van der Waals surface area contributed by atoms with Gasteiger partial charge in [0.2, 0.25) is 0 Å². The van der Waals surface area contributed by atoms with Crippen LogP contribution >= 0.6 is 27.3 Å². The number of fused-ring (bicyclic) bond motifs is 1. The lowest BCUT2D eigenvalue weighted by Crippen LogP contribution is -2.15. The van der Waals surface area contributed by atoms with Gasteiger partial charge in [-0.2, -0.15) is 4.99 Å². The molecule has 0 aliphatic carbocycles. The lowest BCUT2D eigenvalue weighted by atomic mass is 10.2. The first-order valence-corrected chi connectivity index (χ1v) is 9.39. The highest BCUT2D eigenvalue weighted by Gasteiger charge is 2.07. The predicted molar refractivity (Wildman–Crippen MR) is 106 cm³/mol. The van der Waals surface area contributed by atoms with Crippen molar-refractivity contribution in [1.82, 2.24) is 4.57 Å². The highest BCUT2D eigenvalue weighted by Crippen LogP contribution is 2.22. The van der Waals surface area contributed by atoms with E-state index in [1.807, 2.05) is 29.7 Å². The zero-order valence-electron chi connectivity index (χ0n) is 13.8. The van der Waals surface area contributed by atoms with Crippen molar-refractivity contribution in [3.8, 4) is 0 Å². The topological polar surface area (TPSA) is 77.5 Å². The van der Waals surface area contributed by atoms with Crippen LogP contribution in [-0.4, -0.2) is 15.4 Å². The van der Waals surface area contributed by atoms with Gasteiger partial charge in [-0.1, -0.05) is 39.4 Å². The molecule has 132 valence electrons. The number of benzene rings is 2. The summed E-state index contributed by atoms with van der Waals surface area (Å²) in [6.45, 7) is 2.69. The summed E-state index contributed by atoms with van der Waals surface area (Å²) in [5.74, 6) is -0.413. The third-order valence-electron chi connectivity index (χ3n) is 3.67. The Kier molecular flexibility index (Phi) is 5.43. The van der Waals surface area contributed by atoms with E-state index in [2.05, 4.69) is 20.9 Å². The molecule has 3 aromatic rings. The van der Waals surface area contributed by atoms with Crippen LogP contribution in [0.5, 0.6) is 0 Å². The SMILES string of the molecule is CCn1c(=NC(=O)C=Cc2cccc([N+](=O)[O-])c2)sc2cc(Br)ccc21. The van der Waals surface area contributed by atoms with Crippen molar-refractivity contribution >= 4 is 55.2 Å². The molecule has 0 fully saturated rings. The largest absolute Gasteiger partial charge is 0.317 e. The van der Waals surface area contributed by atoms with Crippen LogP contribution in [0.4, 0.5) is 5.69 Å². The van der Waals surface area contributed by atoms with Crippen LogP contribution < -0.4 is 4.80 Å². The van der Waals surface area contributed by atoms with Crippen molar-refractivity contribution in [2.45, 2.75) is 13.5 Å². The van der Waals surface area contributed by atoms with Gasteiger partial charge < -0.3 is 4.57 Å². The van der Waals surface area contributed by atoms with Crippen molar-refractivity contribution < 1.29 is 9.72 Å². The van der Waals surface area contributed by atoms with Crippen molar-refractivity contribution in [3.63, 3.8) is 0 Å². The van der Waals surface area contributed by atoms with Gasteiger partial charge >= 0.3 is 0 Å². The lowest BCUT2D eigenvalue weighted by Gasteiger charge is -1.99. The van der Waals surface area contributed by atoms with Gasteiger partial charge in [0, 0.05) is 29.2 Å². The summed E-state index contributed by atoms with van der Waals surface area (Å²) in [6.07, 6.45) is 2.85. The van der Waals surface area contributed by atoms with Crippen molar-refractivity contribution in [3.05, 3.63) is 73.5 Å². The number of hydrogen-bond acceptors (Lipinski definition) is 4. The second-order valence-electron chi connectivity index (χ2n) is 5.38. The molecule has 2 aromatic carbocycles. The van der Waals surface area contributed by atoms with Gasteiger partial charge in [0.1, 0.15) is 0 Å². The average molecular weight is 432 g/mol. The van der Waals surface area contributed by atoms with Crippen LogP contribution in [0.15, 0.2) is 58.0 Å². The monoisotopic (exact) mass is 431 g/mol. The number of carbonyl (C=O) groups is 1. The van der Waals surface area contributed by atoms with E-state index in [4.69, 9.17) is 0 Å². The highest BCUT2D eigenvalue weighted by atomic mass is 79.9. The minimum absolute atomic E-state index is 0.0181. The molecule has 0 atom stereocenters. The first-order chi connectivity index (χ1) is 12.5. The molecule has 1 amide bonds. The number of halogens is 1. The van der Waals surface area contributed by atoms with E-state index in [1.165, 1.54) is 35.6 Å². The molecule has 3 rings (SSSR count). The number of hydrogen-bond donors (Lipinski definition) is 0. The maximum Gasteiger partial charge on any atom is 0.272 e. The zero-order valence-corrected chi connectivity index (χ0v) is 16.2. The van der Waals surface area contributed by atoms with Crippen molar-refractivity contribution in [2.24, 2.45) is 4.99 Å². The fourth-order valence-electron chi connectivity index (χ4n) is 2.48. The van der Waals surface area contributed by atoms with Gasteiger partial charge in [0.15, 0.2) is 4.80 Å². The Morgan fingerprint density at radius 3 is 2.88 bits per heavy atom. The second-order valence-corrected chi connectivity index (χ2v) is 7.30. The molecule has 0 radical (unpaired) electrons. The summed E-state index contributed by atoms with van der Waals surface area (Å²) in [5.41, 5.74) is 1.58. The summed E-state index contributed by atoms with van der Waals surface area (Å²) >= 11 is 4.89. The predicted octanol–water partition coefficient (Wildman–Crippen LogP) is 4.53. The molecule has 6 nitrogen and oxygen atoms in total. The minimum Gasteiger partial charge on any atom is -0.317 e. The standard InChI is InChI=1S/C18H14BrN3O3S/c1-2-21-15-8-7-13(19)11-16(15)26-18(21)20-17(23)9-6-12-4-3-5-14(10-12)22(24)25/h3-11H,2H2,1H3. The Morgan fingerprint density at radius 1 is 1.35 bits per heavy atom. The van der Waals surface area contributed by atoms with Crippen molar-refractivity contribution in [1.29, 1.82) is 0 Å². The number of non-ortho nitro benzene ring substituents is 1. The van der Waals surface area contributed by atoms with E-state index in [1.54, 1.807) is 12.1 Å². The smallest absolute Gasteiger partial charge is 0.272 e. The van der Waals surface area contributed by atoms with Crippen LogP contribution in [0.25, 0.3) is 16.3 Å². The molecule has 26 heavy (non-hydrogen) atoms. The fraction of sp³-hybridized carbons (Fsp3) is 0.111. The number of aromatic nitrogens is 1. The van der Waals surface area contributed by atoms with E-state index < -0.39 is 10.8 Å². The van der Waals surface area contributed by atoms with E-state index >= 15 is 0 Å². The number of nitro groups is 1. The third kappa shape index (κ3) is 3.97. The number of thiazole rings is 1. The fourth-order valence-corrected chi connectivity index (χ4v) is 4.13. The molecule has 0 aliphatic heterocycles. The maximum absolute atomic E-state index is 12.2. The molecule has 0 unspecified atom stereocenters. The van der Waals surface area contributed by atoms with E-state index in [-0.39, 0.29) is 5.69 Å². The molecule has 0 N–H and O–H groups in total. The molecule has 0 aliphatic rings. The molecular formula is C18H14BrN3O3S. The minimum atomic E-state index is -0.469. The average Bonchev–Trinajstić information content (AvgIpc) is 2.96. The number of aryl methyl sites for hydroxylation is 1. The number of nitro benzene ring substituents is 1. The molecule has 0 saturated heterocycles. The number of rotatable bonds is 4. The van der Waals surface area contributed by atoms with Crippen LogP contribution in [0, 0.1) is 10.1 Å². The normalized spacial score (nSPS) is 12.2. The van der Waals surface area contributed by atoms with E-state index in [9.17, 15) is 14.9 Å². The van der Waals surface area contributed by atoms with Gasteiger partial charge in [0.05, 0.1) is 15.1 Å². The Balaban J connectivity index is 1.92. The van der Waals surface area contributed by atoms with Gasteiger partial charge in [-0.15, -0.1) is 0 Å². The number of nitrogens with zero attached hydrogens (tertiary/aromatic N) is 3. The van der Waals surface area contributed by atoms with E-state index in [0.29, 0.717) is 16.9 Å². The molecule has 0 spiro atoms. The number of amides is 1. The summed E-state index contributed by atoms with van der Waals surface area (Å²) in [6, 6.07) is 12.0. The van der Waals surface area contributed by atoms with Gasteiger partial charge in [0.25, 0.3) is 11.6 Å². The lowest BCUT2D eigenvalue weighted by molar-refractivity contribution is -0.384. The first kappa shape index (κ1) is 18.2. The Bertz CT molecular complexity index is 1100. The second kappa shape index (κ2) is 7.76. The summed E-state index contributed by atoms with van der Waals surface area (Å²) in [4.78, 5) is 27.3. The maximum atomic E-state index is 12.2. The van der Waals surface area contributed by atoms with Gasteiger partial charge in [-0.3, -0.25) is 14.9 Å². The van der Waals surface area contributed by atoms with Crippen LogP contribution in [-0.2, 0) is 11.3 Å². The Labute approximate surface area is 161 Å².